The van der Waals surface area contributed by atoms with Crippen LogP contribution in [-0.4, -0.2) is 24.0 Å². The monoisotopic (exact) mass is 294 g/mol. The minimum Gasteiger partial charge on any atom is -0.330 e. The van der Waals surface area contributed by atoms with Crippen molar-refractivity contribution in [2.75, 3.05) is 13.1 Å². The maximum atomic E-state index is 6.17. The molecule has 0 aromatic heterocycles. The van der Waals surface area contributed by atoms with Crippen molar-refractivity contribution in [1.82, 2.24) is 4.90 Å². The molecular formula is C17H27ClN2. The third-order valence-corrected chi connectivity index (χ3v) is 4.97. The minimum absolute atomic E-state index is 0.454. The molecule has 0 amide bonds. The van der Waals surface area contributed by atoms with Gasteiger partial charge in [-0.1, -0.05) is 44.0 Å². The second-order valence-electron chi connectivity index (χ2n) is 5.80. The average molecular weight is 295 g/mol. The van der Waals surface area contributed by atoms with E-state index in [-0.39, 0.29) is 0 Å². The zero-order valence-corrected chi connectivity index (χ0v) is 13.4. The molecule has 0 aliphatic heterocycles. The molecule has 0 heterocycles. The van der Waals surface area contributed by atoms with Gasteiger partial charge in [-0.15, -0.1) is 0 Å². The number of nitrogens with zero attached hydrogens (tertiary/aromatic N) is 1. The first kappa shape index (κ1) is 15.8. The minimum atomic E-state index is 0.454. The predicted octanol–water partition coefficient (Wildman–Crippen LogP) is 4.24. The molecule has 3 unspecified atom stereocenters. The lowest BCUT2D eigenvalue weighted by Gasteiger charge is -2.38. The topological polar surface area (TPSA) is 29.3 Å². The SMILES string of the molecule is CCC(c1cccc(Cl)c1)N(CC)C1CCCC1CN. The molecule has 0 saturated heterocycles. The van der Waals surface area contributed by atoms with Gasteiger partial charge in [0.15, 0.2) is 0 Å². The Morgan fingerprint density at radius 2 is 2.15 bits per heavy atom. The average Bonchev–Trinajstić information content (AvgIpc) is 2.92. The fourth-order valence-corrected chi connectivity index (χ4v) is 3.99. The third kappa shape index (κ3) is 3.36. The van der Waals surface area contributed by atoms with Gasteiger partial charge >= 0.3 is 0 Å². The highest BCUT2D eigenvalue weighted by atomic mass is 35.5. The Kier molecular flexibility index (Phi) is 5.88. The van der Waals surface area contributed by atoms with Crippen molar-refractivity contribution in [2.45, 2.75) is 51.6 Å². The first-order valence-electron chi connectivity index (χ1n) is 7.92. The summed E-state index contributed by atoms with van der Waals surface area (Å²) in [5.41, 5.74) is 7.31. The first-order valence-corrected chi connectivity index (χ1v) is 8.30. The van der Waals surface area contributed by atoms with E-state index in [1.807, 2.05) is 6.07 Å². The van der Waals surface area contributed by atoms with Gasteiger partial charge in [-0.25, -0.2) is 0 Å². The Labute approximate surface area is 128 Å². The van der Waals surface area contributed by atoms with Crippen molar-refractivity contribution in [3.8, 4) is 0 Å². The first-order chi connectivity index (χ1) is 9.71. The molecule has 0 radical (unpaired) electrons. The second kappa shape index (κ2) is 7.44. The van der Waals surface area contributed by atoms with E-state index in [4.69, 9.17) is 17.3 Å². The number of hydrogen-bond donors (Lipinski definition) is 1. The van der Waals surface area contributed by atoms with Crippen LogP contribution in [-0.2, 0) is 0 Å². The summed E-state index contributed by atoms with van der Waals surface area (Å²) >= 11 is 6.17. The van der Waals surface area contributed by atoms with E-state index in [0.717, 1.165) is 24.5 Å². The third-order valence-electron chi connectivity index (χ3n) is 4.73. The fraction of sp³-hybridized carbons (Fsp3) is 0.647. The quantitative estimate of drug-likeness (QED) is 0.850. The van der Waals surface area contributed by atoms with Gasteiger partial charge in [0.2, 0.25) is 0 Å². The van der Waals surface area contributed by atoms with Crippen LogP contribution < -0.4 is 5.73 Å². The van der Waals surface area contributed by atoms with Crippen molar-refractivity contribution in [3.63, 3.8) is 0 Å². The molecule has 3 atom stereocenters. The fourth-order valence-electron chi connectivity index (χ4n) is 3.79. The van der Waals surface area contributed by atoms with Crippen LogP contribution in [0.25, 0.3) is 0 Å². The molecule has 2 N–H and O–H groups in total. The van der Waals surface area contributed by atoms with Crippen LogP contribution in [0.3, 0.4) is 0 Å². The molecule has 1 fully saturated rings. The number of nitrogens with two attached hydrogens (primary N) is 1. The summed E-state index contributed by atoms with van der Waals surface area (Å²) in [6, 6.07) is 9.42. The van der Waals surface area contributed by atoms with Crippen LogP contribution in [0.4, 0.5) is 0 Å². The highest BCUT2D eigenvalue weighted by molar-refractivity contribution is 6.30. The van der Waals surface area contributed by atoms with Crippen molar-refractivity contribution in [2.24, 2.45) is 11.7 Å². The van der Waals surface area contributed by atoms with Crippen LogP contribution >= 0.6 is 11.6 Å². The molecule has 1 aliphatic carbocycles. The molecule has 2 nitrogen and oxygen atoms in total. The van der Waals surface area contributed by atoms with Crippen molar-refractivity contribution >= 4 is 11.6 Å². The Balaban J connectivity index is 2.23. The maximum absolute atomic E-state index is 6.17. The van der Waals surface area contributed by atoms with Gasteiger partial charge in [-0.2, -0.15) is 0 Å². The van der Waals surface area contributed by atoms with Gasteiger partial charge < -0.3 is 5.73 Å². The van der Waals surface area contributed by atoms with E-state index >= 15 is 0 Å². The summed E-state index contributed by atoms with van der Waals surface area (Å²) in [5, 5.41) is 0.832. The standard InChI is InChI=1S/C17H27ClN2/c1-3-16(13-7-5-9-15(18)11-13)20(4-2)17-10-6-8-14(17)12-19/h5,7,9,11,14,16-17H,3-4,6,8,10,12,19H2,1-2H3. The number of benzene rings is 1. The van der Waals surface area contributed by atoms with Crippen LogP contribution in [0, 0.1) is 5.92 Å². The summed E-state index contributed by atoms with van der Waals surface area (Å²) in [7, 11) is 0. The van der Waals surface area contributed by atoms with E-state index in [0.29, 0.717) is 18.0 Å². The van der Waals surface area contributed by atoms with E-state index < -0.39 is 0 Å². The second-order valence-corrected chi connectivity index (χ2v) is 6.24. The Hall–Kier alpha value is -0.570. The van der Waals surface area contributed by atoms with Crippen LogP contribution in [0.15, 0.2) is 24.3 Å². The van der Waals surface area contributed by atoms with Gasteiger partial charge in [0, 0.05) is 17.1 Å². The highest BCUT2D eigenvalue weighted by Gasteiger charge is 2.34. The maximum Gasteiger partial charge on any atom is 0.0409 e. The largest absolute Gasteiger partial charge is 0.330 e. The molecule has 1 aliphatic rings. The molecule has 112 valence electrons. The molecule has 1 aromatic rings. The molecule has 0 bridgehead atoms. The summed E-state index contributed by atoms with van der Waals surface area (Å²) in [6.45, 7) is 6.42. The van der Waals surface area contributed by atoms with E-state index in [2.05, 4.69) is 36.9 Å². The molecule has 3 heteroatoms. The van der Waals surface area contributed by atoms with E-state index in [1.54, 1.807) is 0 Å². The summed E-state index contributed by atoms with van der Waals surface area (Å²) in [4.78, 5) is 2.65. The molecule has 1 aromatic carbocycles. The summed E-state index contributed by atoms with van der Waals surface area (Å²) < 4.78 is 0. The lowest BCUT2D eigenvalue weighted by Crippen LogP contribution is -2.42. The number of halogens is 1. The molecular weight excluding hydrogens is 268 g/mol. The van der Waals surface area contributed by atoms with Crippen LogP contribution in [0.1, 0.15) is 51.1 Å². The molecule has 0 spiro atoms. The lowest BCUT2D eigenvalue weighted by molar-refractivity contribution is 0.111. The highest BCUT2D eigenvalue weighted by Crippen LogP contribution is 2.36. The zero-order chi connectivity index (χ0) is 14.5. The van der Waals surface area contributed by atoms with Gasteiger partial charge in [0.05, 0.1) is 0 Å². The van der Waals surface area contributed by atoms with Crippen molar-refractivity contribution in [3.05, 3.63) is 34.9 Å². The Morgan fingerprint density at radius 3 is 2.75 bits per heavy atom. The van der Waals surface area contributed by atoms with Crippen molar-refractivity contribution < 1.29 is 0 Å². The van der Waals surface area contributed by atoms with E-state index in [9.17, 15) is 0 Å². The van der Waals surface area contributed by atoms with Gasteiger partial charge in [-0.3, -0.25) is 4.90 Å². The molecule has 20 heavy (non-hydrogen) atoms. The van der Waals surface area contributed by atoms with Gasteiger partial charge in [0.25, 0.3) is 0 Å². The predicted molar refractivity (Wildman–Crippen MR) is 87.0 cm³/mol. The molecule has 1 saturated carbocycles. The van der Waals surface area contributed by atoms with E-state index in [1.165, 1.54) is 24.8 Å². The summed E-state index contributed by atoms with van der Waals surface area (Å²) in [6.07, 6.45) is 4.99. The normalized spacial score (nSPS) is 24.2. The lowest BCUT2D eigenvalue weighted by atomic mass is 9.96. The molecule has 2 rings (SSSR count). The number of rotatable bonds is 6. The Morgan fingerprint density at radius 1 is 1.35 bits per heavy atom. The number of hydrogen-bond acceptors (Lipinski definition) is 2. The van der Waals surface area contributed by atoms with Crippen molar-refractivity contribution in [1.29, 1.82) is 0 Å². The van der Waals surface area contributed by atoms with Gasteiger partial charge in [-0.05, 0) is 56.0 Å². The summed E-state index contributed by atoms with van der Waals surface area (Å²) in [5.74, 6) is 0.656. The van der Waals surface area contributed by atoms with Crippen LogP contribution in [0.2, 0.25) is 5.02 Å². The smallest absolute Gasteiger partial charge is 0.0409 e. The van der Waals surface area contributed by atoms with Crippen LogP contribution in [0.5, 0.6) is 0 Å². The van der Waals surface area contributed by atoms with Gasteiger partial charge in [0.1, 0.15) is 0 Å². The zero-order valence-electron chi connectivity index (χ0n) is 12.7. The Bertz CT molecular complexity index is 421.